The smallest absolute Gasteiger partial charge is 0.282 e. The van der Waals surface area contributed by atoms with Crippen molar-refractivity contribution in [2.24, 2.45) is 0 Å². The number of halogens is 1. The van der Waals surface area contributed by atoms with Crippen LogP contribution in [0.4, 0.5) is 9.39 Å². The molecule has 0 saturated carbocycles. The van der Waals surface area contributed by atoms with Crippen LogP contribution in [0.15, 0.2) is 34.4 Å². The molecule has 0 spiro atoms. The zero-order valence-electron chi connectivity index (χ0n) is 12.9. The van der Waals surface area contributed by atoms with Gasteiger partial charge in [0.05, 0.1) is 16.1 Å². The molecule has 0 atom stereocenters. The first kappa shape index (κ1) is 16.1. The molecule has 2 heterocycles. The molecule has 124 valence electrons. The molecular formula is C16H15FN4O2S. The third-order valence-corrected chi connectivity index (χ3v) is 4.37. The van der Waals surface area contributed by atoms with Gasteiger partial charge in [-0.2, -0.15) is 9.78 Å². The Balaban J connectivity index is 2.25. The number of anilines is 1. The van der Waals surface area contributed by atoms with Crippen molar-refractivity contribution in [1.82, 2.24) is 15.1 Å². The van der Waals surface area contributed by atoms with Crippen molar-refractivity contribution in [2.75, 3.05) is 19.0 Å². The Bertz CT molecular complexity index is 963. The van der Waals surface area contributed by atoms with Crippen molar-refractivity contribution < 1.29 is 9.18 Å². The van der Waals surface area contributed by atoms with Crippen molar-refractivity contribution in [3.63, 3.8) is 0 Å². The van der Waals surface area contributed by atoms with Crippen LogP contribution >= 0.6 is 11.3 Å². The fourth-order valence-electron chi connectivity index (χ4n) is 2.35. The topological polar surface area (TPSA) is 90.0 Å². The van der Waals surface area contributed by atoms with E-state index in [2.05, 4.69) is 10.4 Å². The minimum Gasteiger partial charge on any atom is -0.390 e. The second-order valence-electron chi connectivity index (χ2n) is 5.23. The minimum absolute atomic E-state index is 0.0478. The lowest BCUT2D eigenvalue weighted by Crippen LogP contribution is -2.31. The Labute approximate surface area is 140 Å². The van der Waals surface area contributed by atoms with E-state index in [1.165, 1.54) is 0 Å². The number of carbonyl (C=O) groups excluding carboxylic acids is 1. The summed E-state index contributed by atoms with van der Waals surface area (Å²) in [6, 6.07) is 7.16. The summed E-state index contributed by atoms with van der Waals surface area (Å²) < 4.78 is 13.5. The zero-order valence-corrected chi connectivity index (χ0v) is 13.7. The van der Waals surface area contributed by atoms with Crippen molar-refractivity contribution in [1.29, 1.82) is 0 Å². The number of nitrogen functional groups attached to an aromatic ring is 1. The van der Waals surface area contributed by atoms with Crippen molar-refractivity contribution in [2.45, 2.75) is 6.92 Å². The average Bonchev–Trinajstić information content (AvgIpc) is 2.96. The number of alkyl halides is 1. The fraction of sp³-hybridized carbons (Fsp3) is 0.188. The molecule has 2 aromatic heterocycles. The number of rotatable bonds is 4. The highest BCUT2D eigenvalue weighted by Gasteiger charge is 2.20. The molecule has 0 unspecified atom stereocenters. The van der Waals surface area contributed by atoms with E-state index in [-0.39, 0.29) is 17.6 Å². The van der Waals surface area contributed by atoms with Gasteiger partial charge in [-0.05, 0) is 19.1 Å². The lowest BCUT2D eigenvalue weighted by atomic mass is 10.2. The monoisotopic (exact) mass is 346 g/mol. The predicted octanol–water partition coefficient (Wildman–Crippen LogP) is 2.04. The van der Waals surface area contributed by atoms with Crippen LogP contribution in [0.2, 0.25) is 0 Å². The van der Waals surface area contributed by atoms with Gasteiger partial charge in [0.15, 0.2) is 5.69 Å². The van der Waals surface area contributed by atoms with E-state index in [9.17, 15) is 14.0 Å². The number of aromatic nitrogens is 2. The van der Waals surface area contributed by atoms with E-state index in [4.69, 9.17) is 5.73 Å². The van der Waals surface area contributed by atoms with Gasteiger partial charge in [0.2, 0.25) is 0 Å². The van der Waals surface area contributed by atoms with Crippen LogP contribution in [0.3, 0.4) is 0 Å². The number of amides is 1. The molecule has 0 aliphatic rings. The summed E-state index contributed by atoms with van der Waals surface area (Å²) in [5.74, 6) is -0.545. The molecule has 3 aromatic rings. The quantitative estimate of drug-likeness (QED) is 0.756. The number of hydrogen-bond donors (Lipinski definition) is 2. The van der Waals surface area contributed by atoms with Gasteiger partial charge in [0.25, 0.3) is 11.5 Å². The first-order valence-corrected chi connectivity index (χ1v) is 8.12. The van der Waals surface area contributed by atoms with Crippen LogP contribution in [0.25, 0.3) is 16.5 Å². The second-order valence-corrected chi connectivity index (χ2v) is 6.15. The Hall–Kier alpha value is -2.74. The van der Waals surface area contributed by atoms with Gasteiger partial charge < -0.3 is 11.1 Å². The van der Waals surface area contributed by atoms with Crippen molar-refractivity contribution in [3.05, 3.63) is 51.3 Å². The molecular weight excluding hydrogens is 331 g/mol. The number of aryl methyl sites for hydroxylation is 1. The third kappa shape index (κ3) is 2.76. The maximum Gasteiger partial charge on any atom is 0.282 e. The second kappa shape index (κ2) is 6.40. The molecule has 3 N–H and O–H groups in total. The number of hydrogen-bond acceptors (Lipinski definition) is 5. The summed E-state index contributed by atoms with van der Waals surface area (Å²) in [6.45, 7) is 1.12. The highest BCUT2D eigenvalue weighted by Crippen LogP contribution is 2.27. The Morgan fingerprint density at radius 3 is 2.75 bits per heavy atom. The van der Waals surface area contributed by atoms with Crippen LogP contribution in [0.5, 0.6) is 0 Å². The highest BCUT2D eigenvalue weighted by molar-refractivity contribution is 7.15. The number of thiophene rings is 1. The molecule has 0 bridgehead atoms. The van der Waals surface area contributed by atoms with E-state index in [1.807, 2.05) is 19.1 Å². The van der Waals surface area contributed by atoms with Gasteiger partial charge in [0.1, 0.15) is 6.67 Å². The molecule has 0 aliphatic carbocycles. The predicted molar refractivity (Wildman–Crippen MR) is 92.7 cm³/mol. The summed E-state index contributed by atoms with van der Waals surface area (Å²) in [5.41, 5.74) is 7.11. The largest absolute Gasteiger partial charge is 0.390 e. The summed E-state index contributed by atoms with van der Waals surface area (Å²) >= 11 is 1.16. The van der Waals surface area contributed by atoms with Gasteiger partial charge in [-0.25, -0.2) is 4.39 Å². The van der Waals surface area contributed by atoms with Crippen molar-refractivity contribution >= 4 is 33.0 Å². The number of fused-ring (bicyclic) bond motifs is 1. The molecule has 8 heteroatoms. The molecule has 3 rings (SSSR count). The number of nitrogens with two attached hydrogens (primary N) is 1. The number of nitrogens with zero attached hydrogens (tertiary/aromatic N) is 2. The normalized spacial score (nSPS) is 10.9. The molecule has 0 fully saturated rings. The Morgan fingerprint density at radius 2 is 2.08 bits per heavy atom. The molecule has 0 aliphatic heterocycles. The number of nitrogens with one attached hydrogen (secondary N) is 1. The SMILES string of the molecule is Cc1ccc(-n2nc(C(=O)NCCF)c3csc(N)c3c2=O)cc1. The zero-order chi connectivity index (χ0) is 17.3. The number of carbonyl (C=O) groups is 1. The number of benzene rings is 1. The fourth-order valence-corrected chi connectivity index (χ4v) is 3.14. The third-order valence-electron chi connectivity index (χ3n) is 3.55. The Morgan fingerprint density at radius 1 is 1.38 bits per heavy atom. The summed E-state index contributed by atoms with van der Waals surface area (Å²) in [6.07, 6.45) is 0. The summed E-state index contributed by atoms with van der Waals surface area (Å²) in [5, 5.41) is 9.18. The van der Waals surface area contributed by atoms with Gasteiger partial charge in [-0.1, -0.05) is 17.7 Å². The first-order valence-electron chi connectivity index (χ1n) is 7.24. The van der Waals surface area contributed by atoms with E-state index in [0.29, 0.717) is 16.1 Å². The van der Waals surface area contributed by atoms with Crippen LogP contribution in [0, 0.1) is 6.92 Å². The molecule has 0 saturated heterocycles. The van der Waals surface area contributed by atoms with E-state index in [0.717, 1.165) is 21.6 Å². The molecule has 1 amide bonds. The van der Waals surface area contributed by atoms with Crippen LogP contribution < -0.4 is 16.6 Å². The lowest BCUT2D eigenvalue weighted by molar-refractivity contribution is 0.0946. The molecule has 24 heavy (non-hydrogen) atoms. The average molecular weight is 346 g/mol. The summed E-state index contributed by atoms with van der Waals surface area (Å²) in [4.78, 5) is 25.0. The molecule has 0 radical (unpaired) electrons. The van der Waals surface area contributed by atoms with Gasteiger partial charge in [-0.3, -0.25) is 9.59 Å². The summed E-state index contributed by atoms with van der Waals surface area (Å²) in [7, 11) is 0. The van der Waals surface area contributed by atoms with E-state index >= 15 is 0 Å². The van der Waals surface area contributed by atoms with Crippen LogP contribution in [-0.4, -0.2) is 28.9 Å². The Kier molecular flexibility index (Phi) is 4.30. The maximum absolute atomic E-state index is 12.7. The van der Waals surface area contributed by atoms with Crippen LogP contribution in [-0.2, 0) is 0 Å². The molecule has 1 aromatic carbocycles. The molecule has 6 nitrogen and oxygen atoms in total. The standard InChI is InChI=1S/C16H15FN4O2S/c1-9-2-4-10(5-3-9)21-16(23)12-11(8-24-14(12)18)13(20-21)15(22)19-7-6-17/h2-5,8H,6-7,18H2,1H3,(H,19,22). The van der Waals surface area contributed by atoms with Crippen LogP contribution in [0.1, 0.15) is 16.1 Å². The lowest BCUT2D eigenvalue weighted by Gasteiger charge is -2.09. The van der Waals surface area contributed by atoms with Gasteiger partial charge in [0, 0.05) is 17.3 Å². The van der Waals surface area contributed by atoms with Gasteiger partial charge >= 0.3 is 0 Å². The van der Waals surface area contributed by atoms with Gasteiger partial charge in [-0.15, -0.1) is 11.3 Å². The maximum atomic E-state index is 12.7. The minimum atomic E-state index is -0.682. The first-order chi connectivity index (χ1) is 11.5. The highest BCUT2D eigenvalue weighted by atomic mass is 32.1. The van der Waals surface area contributed by atoms with Crippen molar-refractivity contribution in [3.8, 4) is 5.69 Å². The van der Waals surface area contributed by atoms with E-state index < -0.39 is 18.1 Å². The van der Waals surface area contributed by atoms with E-state index in [1.54, 1.807) is 17.5 Å².